The van der Waals surface area contributed by atoms with Crippen molar-refractivity contribution in [1.82, 2.24) is 5.43 Å². The van der Waals surface area contributed by atoms with Crippen LogP contribution < -0.4 is 5.43 Å². The van der Waals surface area contributed by atoms with Gasteiger partial charge in [-0.2, -0.15) is 5.10 Å². The maximum Gasteiger partial charge on any atom is 0.275 e. The predicted molar refractivity (Wildman–Crippen MR) is 90.0 cm³/mol. The molecule has 0 aliphatic carbocycles. The molecule has 5 heteroatoms. The molecule has 120 valence electrons. The van der Waals surface area contributed by atoms with Crippen molar-refractivity contribution in [3.63, 3.8) is 0 Å². The number of nitrogens with one attached hydrogen (secondary N) is 1. The second kappa shape index (κ2) is 6.96. The highest BCUT2D eigenvalue weighted by atomic mass is 16.3. The first-order chi connectivity index (χ1) is 10.9. The minimum Gasteiger partial charge on any atom is -0.508 e. The van der Waals surface area contributed by atoms with Gasteiger partial charge in [-0.1, -0.05) is 24.6 Å². The lowest BCUT2D eigenvalue weighted by molar-refractivity contribution is 0.0951. The topological polar surface area (TPSA) is 81.9 Å². The fourth-order valence-electron chi connectivity index (χ4n) is 2.26. The van der Waals surface area contributed by atoms with E-state index in [1.165, 1.54) is 18.2 Å². The largest absolute Gasteiger partial charge is 0.508 e. The van der Waals surface area contributed by atoms with Gasteiger partial charge in [0.25, 0.3) is 5.91 Å². The lowest BCUT2D eigenvalue weighted by atomic mass is 10.00. The maximum atomic E-state index is 12.1. The third-order valence-corrected chi connectivity index (χ3v) is 3.56. The first-order valence-corrected chi connectivity index (χ1v) is 7.39. The number of carbonyl (C=O) groups is 1. The molecule has 0 aliphatic heterocycles. The number of hydrazone groups is 1. The Balaban J connectivity index is 2.27. The Bertz CT molecular complexity index is 767. The molecule has 0 saturated carbocycles. The van der Waals surface area contributed by atoms with Crippen LogP contribution in [0, 0.1) is 13.8 Å². The monoisotopic (exact) mass is 312 g/mol. The first kappa shape index (κ1) is 16.5. The number of hydrogen-bond acceptors (Lipinski definition) is 4. The van der Waals surface area contributed by atoms with Crippen LogP contribution in [0.4, 0.5) is 0 Å². The van der Waals surface area contributed by atoms with Crippen LogP contribution in [0.2, 0.25) is 0 Å². The van der Waals surface area contributed by atoms with Crippen molar-refractivity contribution in [3.8, 4) is 11.5 Å². The maximum absolute atomic E-state index is 12.1. The van der Waals surface area contributed by atoms with Crippen molar-refractivity contribution >= 4 is 11.6 Å². The number of carbonyl (C=O) groups excluding carboxylic acids is 1. The molecule has 23 heavy (non-hydrogen) atoms. The van der Waals surface area contributed by atoms with Gasteiger partial charge in [-0.05, 0) is 50.1 Å². The molecule has 0 bridgehead atoms. The summed E-state index contributed by atoms with van der Waals surface area (Å²) >= 11 is 0. The standard InChI is InChI=1S/C18H20N2O3/c1-4-16(14-9-11(2)5-6-12(14)3)19-20-18(23)15-10-13(21)7-8-17(15)22/h5-10,21-22H,4H2,1-3H3,(H,20,23)/b19-16+. The smallest absolute Gasteiger partial charge is 0.275 e. The molecule has 5 nitrogen and oxygen atoms in total. The van der Waals surface area contributed by atoms with E-state index in [-0.39, 0.29) is 17.1 Å². The molecule has 2 aromatic rings. The number of rotatable bonds is 4. The normalized spacial score (nSPS) is 11.3. The van der Waals surface area contributed by atoms with E-state index < -0.39 is 5.91 Å². The van der Waals surface area contributed by atoms with Crippen LogP contribution in [0.25, 0.3) is 0 Å². The fourth-order valence-corrected chi connectivity index (χ4v) is 2.26. The van der Waals surface area contributed by atoms with Crippen LogP contribution in [0.1, 0.15) is 40.4 Å². The van der Waals surface area contributed by atoms with E-state index in [1.807, 2.05) is 39.0 Å². The SMILES string of the molecule is CC/C(=N\NC(=O)c1cc(O)ccc1O)c1cc(C)ccc1C. The molecule has 0 radical (unpaired) electrons. The second-order valence-electron chi connectivity index (χ2n) is 5.37. The third-order valence-electron chi connectivity index (χ3n) is 3.56. The van der Waals surface area contributed by atoms with E-state index in [1.54, 1.807) is 0 Å². The van der Waals surface area contributed by atoms with E-state index in [4.69, 9.17) is 0 Å². The minimum atomic E-state index is -0.574. The predicted octanol–water partition coefficient (Wildman–Crippen LogP) is 3.26. The Hall–Kier alpha value is -2.82. The number of nitrogens with zero attached hydrogens (tertiary/aromatic N) is 1. The summed E-state index contributed by atoms with van der Waals surface area (Å²) in [6, 6.07) is 9.83. The average Bonchev–Trinajstić information content (AvgIpc) is 2.53. The number of hydrogen-bond donors (Lipinski definition) is 3. The van der Waals surface area contributed by atoms with Crippen LogP contribution in [-0.2, 0) is 0 Å². The van der Waals surface area contributed by atoms with E-state index in [9.17, 15) is 15.0 Å². The summed E-state index contributed by atoms with van der Waals surface area (Å²) in [7, 11) is 0. The highest BCUT2D eigenvalue weighted by Crippen LogP contribution is 2.22. The molecule has 2 aromatic carbocycles. The number of benzene rings is 2. The highest BCUT2D eigenvalue weighted by molar-refractivity contribution is 6.03. The molecule has 0 unspecified atom stereocenters. The van der Waals surface area contributed by atoms with Crippen LogP contribution >= 0.6 is 0 Å². The van der Waals surface area contributed by atoms with Gasteiger partial charge in [0.15, 0.2) is 0 Å². The Morgan fingerprint density at radius 3 is 2.52 bits per heavy atom. The summed E-state index contributed by atoms with van der Waals surface area (Å²) in [4.78, 5) is 12.1. The molecule has 2 rings (SSSR count). The summed E-state index contributed by atoms with van der Waals surface area (Å²) in [5.41, 5.74) is 6.34. The highest BCUT2D eigenvalue weighted by Gasteiger charge is 2.12. The van der Waals surface area contributed by atoms with Crippen LogP contribution in [0.15, 0.2) is 41.5 Å². The van der Waals surface area contributed by atoms with Gasteiger partial charge in [0.1, 0.15) is 11.5 Å². The Kier molecular flexibility index (Phi) is 5.01. The Morgan fingerprint density at radius 2 is 1.83 bits per heavy atom. The van der Waals surface area contributed by atoms with E-state index in [0.717, 1.165) is 22.4 Å². The molecule has 0 aromatic heterocycles. The summed E-state index contributed by atoms with van der Waals surface area (Å²) in [5.74, 6) is -0.878. The van der Waals surface area contributed by atoms with Gasteiger partial charge in [-0.3, -0.25) is 4.79 Å². The summed E-state index contributed by atoms with van der Waals surface area (Å²) in [6.07, 6.45) is 0.649. The van der Waals surface area contributed by atoms with Gasteiger partial charge in [0, 0.05) is 5.56 Å². The van der Waals surface area contributed by atoms with Crippen LogP contribution in [-0.4, -0.2) is 21.8 Å². The molecule has 0 atom stereocenters. The first-order valence-electron chi connectivity index (χ1n) is 7.39. The van der Waals surface area contributed by atoms with Crippen molar-refractivity contribution in [1.29, 1.82) is 0 Å². The minimum absolute atomic E-state index is 0.0230. The van der Waals surface area contributed by atoms with E-state index in [2.05, 4.69) is 10.5 Å². The summed E-state index contributed by atoms with van der Waals surface area (Å²) in [6.45, 7) is 5.95. The molecule has 0 spiro atoms. The fraction of sp³-hybridized carbons (Fsp3) is 0.222. The zero-order chi connectivity index (χ0) is 17.0. The Morgan fingerprint density at radius 1 is 1.09 bits per heavy atom. The molecule has 0 saturated heterocycles. The number of phenols is 2. The molecule has 1 amide bonds. The molecular weight excluding hydrogens is 292 g/mol. The number of aryl methyl sites for hydroxylation is 2. The zero-order valence-electron chi connectivity index (χ0n) is 13.4. The Labute approximate surface area is 135 Å². The lowest BCUT2D eigenvalue weighted by Crippen LogP contribution is -2.20. The van der Waals surface area contributed by atoms with Gasteiger partial charge >= 0.3 is 0 Å². The number of aromatic hydroxyl groups is 2. The molecule has 0 heterocycles. The van der Waals surface area contributed by atoms with Crippen molar-refractivity contribution < 1.29 is 15.0 Å². The number of phenolic OH excluding ortho intramolecular Hbond substituents is 2. The van der Waals surface area contributed by atoms with Crippen molar-refractivity contribution in [2.75, 3.05) is 0 Å². The van der Waals surface area contributed by atoms with Crippen molar-refractivity contribution in [2.24, 2.45) is 5.10 Å². The average molecular weight is 312 g/mol. The zero-order valence-corrected chi connectivity index (χ0v) is 13.4. The van der Waals surface area contributed by atoms with E-state index in [0.29, 0.717) is 6.42 Å². The quantitative estimate of drug-likeness (QED) is 0.460. The molecular formula is C18H20N2O3. The number of amides is 1. The van der Waals surface area contributed by atoms with Crippen molar-refractivity contribution in [3.05, 3.63) is 58.7 Å². The second-order valence-corrected chi connectivity index (χ2v) is 5.37. The van der Waals surface area contributed by atoms with Gasteiger partial charge in [-0.25, -0.2) is 5.43 Å². The van der Waals surface area contributed by atoms with E-state index >= 15 is 0 Å². The van der Waals surface area contributed by atoms with Crippen LogP contribution in [0.5, 0.6) is 11.5 Å². The molecule has 0 fully saturated rings. The van der Waals surface area contributed by atoms with Crippen molar-refractivity contribution in [2.45, 2.75) is 27.2 Å². The summed E-state index contributed by atoms with van der Waals surface area (Å²) in [5, 5.41) is 23.3. The van der Waals surface area contributed by atoms with Gasteiger partial charge in [-0.15, -0.1) is 0 Å². The summed E-state index contributed by atoms with van der Waals surface area (Å²) < 4.78 is 0. The lowest BCUT2D eigenvalue weighted by Gasteiger charge is -2.10. The van der Waals surface area contributed by atoms with Crippen LogP contribution in [0.3, 0.4) is 0 Å². The van der Waals surface area contributed by atoms with Gasteiger partial charge in [0.2, 0.25) is 0 Å². The molecule has 0 aliphatic rings. The van der Waals surface area contributed by atoms with Gasteiger partial charge < -0.3 is 10.2 Å². The third kappa shape index (κ3) is 3.88. The molecule has 3 N–H and O–H groups in total. The van der Waals surface area contributed by atoms with Gasteiger partial charge in [0.05, 0.1) is 11.3 Å².